The summed E-state index contributed by atoms with van der Waals surface area (Å²) in [6, 6.07) is 0. The fourth-order valence-electron chi connectivity index (χ4n) is 2.07. The largest absolute Gasteiger partial charge is 0.481 e. The minimum Gasteiger partial charge on any atom is -0.481 e. The topological polar surface area (TPSA) is 117 Å². The maximum absolute atomic E-state index is 12.4. The molecule has 1 amide bonds. The zero-order valence-corrected chi connectivity index (χ0v) is 11.8. The Labute approximate surface area is 119 Å². The van der Waals surface area contributed by atoms with E-state index in [1.807, 2.05) is 0 Å². The molecule has 2 heterocycles. The minimum atomic E-state index is -0.997. The SMILES string of the molecule is Cc1oc2nc[nH]c(=O)c2c1C(=O)N(C)CC(C)C(=O)O. The summed E-state index contributed by atoms with van der Waals surface area (Å²) in [4.78, 5) is 42.7. The summed E-state index contributed by atoms with van der Waals surface area (Å²) in [6.45, 7) is 3.09. The summed E-state index contributed by atoms with van der Waals surface area (Å²) in [5.41, 5.74) is -0.279. The Bertz CT molecular complexity index is 761. The molecule has 2 aromatic heterocycles. The number of furan rings is 1. The molecule has 8 heteroatoms. The van der Waals surface area contributed by atoms with Gasteiger partial charge in [-0.25, -0.2) is 4.98 Å². The second-order valence-electron chi connectivity index (χ2n) is 4.87. The van der Waals surface area contributed by atoms with Gasteiger partial charge in [0.1, 0.15) is 11.1 Å². The molecule has 0 spiro atoms. The second-order valence-corrected chi connectivity index (χ2v) is 4.87. The first-order valence-corrected chi connectivity index (χ1v) is 6.28. The van der Waals surface area contributed by atoms with Crippen molar-refractivity contribution in [1.82, 2.24) is 14.9 Å². The Balaban J connectivity index is 2.42. The third kappa shape index (κ3) is 2.64. The highest BCUT2D eigenvalue weighted by Gasteiger charge is 2.26. The van der Waals surface area contributed by atoms with Crippen molar-refractivity contribution in [2.45, 2.75) is 13.8 Å². The predicted octanol–water partition coefficient (Wildman–Crippen LogP) is 0.617. The van der Waals surface area contributed by atoms with Gasteiger partial charge < -0.3 is 19.4 Å². The van der Waals surface area contributed by atoms with Crippen LogP contribution in [0, 0.1) is 12.8 Å². The van der Waals surface area contributed by atoms with E-state index in [9.17, 15) is 14.4 Å². The molecule has 1 atom stereocenters. The first-order valence-electron chi connectivity index (χ1n) is 6.28. The van der Waals surface area contributed by atoms with Crippen LogP contribution in [0.2, 0.25) is 0 Å². The van der Waals surface area contributed by atoms with Crippen LogP contribution in [-0.4, -0.2) is 45.4 Å². The Morgan fingerprint density at radius 2 is 2.19 bits per heavy atom. The molecule has 2 N–H and O–H groups in total. The number of carbonyl (C=O) groups excluding carboxylic acids is 1. The van der Waals surface area contributed by atoms with E-state index in [0.717, 1.165) is 0 Å². The number of aromatic nitrogens is 2. The van der Waals surface area contributed by atoms with Gasteiger partial charge in [0.25, 0.3) is 11.5 Å². The number of hydrogen-bond donors (Lipinski definition) is 2. The molecule has 21 heavy (non-hydrogen) atoms. The highest BCUT2D eigenvalue weighted by molar-refractivity contribution is 6.06. The molecule has 2 rings (SSSR count). The first kappa shape index (κ1) is 14.8. The molecule has 0 radical (unpaired) electrons. The minimum absolute atomic E-state index is 0.0262. The van der Waals surface area contributed by atoms with Crippen molar-refractivity contribution in [3.05, 3.63) is 28.0 Å². The summed E-state index contributed by atoms with van der Waals surface area (Å²) < 4.78 is 5.31. The van der Waals surface area contributed by atoms with E-state index in [1.165, 1.54) is 25.2 Å². The Morgan fingerprint density at radius 1 is 1.52 bits per heavy atom. The third-order valence-corrected chi connectivity index (χ3v) is 3.20. The van der Waals surface area contributed by atoms with Crippen LogP contribution in [0.15, 0.2) is 15.5 Å². The van der Waals surface area contributed by atoms with Gasteiger partial charge in [0.15, 0.2) is 0 Å². The Morgan fingerprint density at radius 3 is 2.81 bits per heavy atom. The zero-order chi connectivity index (χ0) is 15.7. The number of carbonyl (C=O) groups is 2. The number of hydrogen-bond acceptors (Lipinski definition) is 5. The number of amides is 1. The molecule has 0 fully saturated rings. The Kier molecular flexibility index (Phi) is 3.79. The van der Waals surface area contributed by atoms with Crippen molar-refractivity contribution in [1.29, 1.82) is 0 Å². The van der Waals surface area contributed by atoms with Gasteiger partial charge in [-0.2, -0.15) is 0 Å². The van der Waals surface area contributed by atoms with Crippen molar-refractivity contribution in [3.8, 4) is 0 Å². The van der Waals surface area contributed by atoms with Crippen LogP contribution < -0.4 is 5.56 Å². The monoisotopic (exact) mass is 293 g/mol. The number of fused-ring (bicyclic) bond motifs is 1. The number of carboxylic acids is 1. The van der Waals surface area contributed by atoms with Crippen molar-refractivity contribution in [2.24, 2.45) is 5.92 Å². The molecule has 0 aromatic carbocycles. The summed E-state index contributed by atoms with van der Waals surface area (Å²) >= 11 is 0. The third-order valence-electron chi connectivity index (χ3n) is 3.20. The van der Waals surface area contributed by atoms with Gasteiger partial charge in [-0.3, -0.25) is 14.4 Å². The standard InChI is InChI=1S/C13H15N3O5/c1-6(13(19)20)4-16(3)12(18)8-7(2)21-11-9(8)10(17)14-5-15-11/h5-6H,4H2,1-3H3,(H,19,20)(H,14,15,17). The fourth-order valence-corrected chi connectivity index (χ4v) is 2.07. The highest BCUT2D eigenvalue weighted by Crippen LogP contribution is 2.22. The molecule has 0 saturated heterocycles. The van der Waals surface area contributed by atoms with Crippen LogP contribution in [0.25, 0.3) is 11.1 Å². The van der Waals surface area contributed by atoms with E-state index in [-0.39, 0.29) is 29.0 Å². The van der Waals surface area contributed by atoms with Crippen LogP contribution in [0.3, 0.4) is 0 Å². The van der Waals surface area contributed by atoms with Gasteiger partial charge in [-0.15, -0.1) is 0 Å². The maximum atomic E-state index is 12.4. The van der Waals surface area contributed by atoms with Gasteiger partial charge in [-0.05, 0) is 6.92 Å². The van der Waals surface area contributed by atoms with Gasteiger partial charge in [-0.1, -0.05) is 6.92 Å². The first-order chi connectivity index (χ1) is 9.82. The number of carboxylic acid groups (broad SMARTS) is 1. The molecule has 1 unspecified atom stereocenters. The van der Waals surface area contributed by atoms with E-state index in [1.54, 1.807) is 6.92 Å². The van der Waals surface area contributed by atoms with E-state index in [2.05, 4.69) is 9.97 Å². The molecule has 0 aliphatic carbocycles. The molecule has 112 valence electrons. The van der Waals surface area contributed by atoms with E-state index < -0.39 is 23.4 Å². The number of aryl methyl sites for hydroxylation is 1. The lowest BCUT2D eigenvalue weighted by Gasteiger charge is -2.19. The Hall–Kier alpha value is -2.64. The number of aromatic amines is 1. The summed E-state index contributed by atoms with van der Waals surface area (Å²) in [7, 11) is 1.48. The van der Waals surface area contributed by atoms with Gasteiger partial charge in [0, 0.05) is 13.6 Å². The quantitative estimate of drug-likeness (QED) is 0.853. The number of H-pyrrole nitrogens is 1. The van der Waals surface area contributed by atoms with Crippen LogP contribution in [0.5, 0.6) is 0 Å². The lowest BCUT2D eigenvalue weighted by atomic mass is 10.1. The van der Waals surface area contributed by atoms with E-state index in [4.69, 9.17) is 9.52 Å². The number of nitrogens with zero attached hydrogens (tertiary/aromatic N) is 2. The fraction of sp³-hybridized carbons (Fsp3) is 0.385. The van der Waals surface area contributed by atoms with Crippen LogP contribution in [0.1, 0.15) is 23.0 Å². The summed E-state index contributed by atoms with van der Waals surface area (Å²) in [5, 5.41) is 8.97. The molecule has 0 bridgehead atoms. The molecule has 0 aliphatic rings. The molecule has 0 saturated carbocycles. The van der Waals surface area contributed by atoms with Gasteiger partial charge in [0.2, 0.25) is 5.71 Å². The van der Waals surface area contributed by atoms with Crippen LogP contribution in [-0.2, 0) is 4.79 Å². The summed E-state index contributed by atoms with van der Waals surface area (Å²) in [5.74, 6) is -1.91. The van der Waals surface area contributed by atoms with Crippen molar-refractivity contribution >= 4 is 23.0 Å². The number of aliphatic carboxylic acids is 1. The lowest BCUT2D eigenvalue weighted by molar-refractivity contribution is -0.141. The van der Waals surface area contributed by atoms with E-state index in [0.29, 0.717) is 0 Å². The number of nitrogens with one attached hydrogen (secondary N) is 1. The van der Waals surface area contributed by atoms with E-state index >= 15 is 0 Å². The molecule has 8 nitrogen and oxygen atoms in total. The number of rotatable bonds is 4. The second kappa shape index (κ2) is 5.39. The molecular weight excluding hydrogens is 278 g/mol. The zero-order valence-electron chi connectivity index (χ0n) is 11.8. The molecular formula is C13H15N3O5. The lowest BCUT2D eigenvalue weighted by Crippen LogP contribution is -2.34. The van der Waals surface area contributed by atoms with Crippen LogP contribution >= 0.6 is 0 Å². The van der Waals surface area contributed by atoms with Crippen molar-refractivity contribution in [2.75, 3.05) is 13.6 Å². The van der Waals surface area contributed by atoms with Crippen molar-refractivity contribution in [3.63, 3.8) is 0 Å². The summed E-state index contributed by atoms with van der Waals surface area (Å²) in [6.07, 6.45) is 1.19. The average Bonchev–Trinajstić information content (AvgIpc) is 2.75. The smallest absolute Gasteiger partial charge is 0.308 e. The highest BCUT2D eigenvalue weighted by atomic mass is 16.4. The predicted molar refractivity (Wildman–Crippen MR) is 73.1 cm³/mol. The van der Waals surface area contributed by atoms with Crippen molar-refractivity contribution < 1.29 is 19.1 Å². The molecule has 0 aliphatic heterocycles. The molecule has 2 aromatic rings. The van der Waals surface area contributed by atoms with Crippen LogP contribution in [0.4, 0.5) is 0 Å². The average molecular weight is 293 g/mol. The van der Waals surface area contributed by atoms with Gasteiger partial charge >= 0.3 is 5.97 Å². The maximum Gasteiger partial charge on any atom is 0.308 e. The van der Waals surface area contributed by atoms with Gasteiger partial charge in [0.05, 0.1) is 17.8 Å². The normalized spacial score (nSPS) is 12.3.